The fraction of sp³-hybridized carbons (Fsp3) is 0.583. The first kappa shape index (κ1) is 14.0. The van der Waals surface area contributed by atoms with Crippen LogP contribution in [-0.4, -0.2) is 48.0 Å². The van der Waals surface area contributed by atoms with Crippen LogP contribution in [0.25, 0.3) is 0 Å². The quantitative estimate of drug-likeness (QED) is 0.484. The Balaban J connectivity index is 2.13. The molecular formula is C12H17ClN4O2. The maximum atomic E-state index is 10.8. The Bertz CT molecular complexity index is 473. The standard InChI is InChI=1S/C12H17ClN4O2/c1-15(2)9-3-5-16(6-4-9)12-8-10(17(18)19)7-11(13)14-12/h7-9H,3-6H2,1-2H3. The van der Waals surface area contributed by atoms with E-state index in [9.17, 15) is 10.1 Å². The molecule has 6 nitrogen and oxygen atoms in total. The van der Waals surface area contributed by atoms with Crippen molar-refractivity contribution in [2.75, 3.05) is 32.1 Å². The summed E-state index contributed by atoms with van der Waals surface area (Å²) in [6.07, 6.45) is 2.05. The molecule has 0 saturated carbocycles. The fourth-order valence-electron chi connectivity index (χ4n) is 2.35. The van der Waals surface area contributed by atoms with Gasteiger partial charge in [0.2, 0.25) is 0 Å². The van der Waals surface area contributed by atoms with Gasteiger partial charge in [-0.25, -0.2) is 4.98 Å². The highest BCUT2D eigenvalue weighted by Crippen LogP contribution is 2.26. The Morgan fingerprint density at radius 3 is 2.58 bits per heavy atom. The first-order valence-corrected chi connectivity index (χ1v) is 6.58. The summed E-state index contributed by atoms with van der Waals surface area (Å²) in [4.78, 5) is 18.8. The van der Waals surface area contributed by atoms with Crippen LogP contribution in [0.4, 0.5) is 11.5 Å². The van der Waals surface area contributed by atoms with Gasteiger partial charge in [-0.2, -0.15) is 0 Å². The summed E-state index contributed by atoms with van der Waals surface area (Å²) in [5, 5.41) is 11.0. The maximum Gasteiger partial charge on any atom is 0.276 e. The molecule has 104 valence electrons. The summed E-state index contributed by atoms with van der Waals surface area (Å²) >= 11 is 5.84. The van der Waals surface area contributed by atoms with Crippen LogP contribution < -0.4 is 4.90 Å². The van der Waals surface area contributed by atoms with Crippen LogP contribution in [0.5, 0.6) is 0 Å². The lowest BCUT2D eigenvalue weighted by molar-refractivity contribution is -0.384. The van der Waals surface area contributed by atoms with E-state index >= 15 is 0 Å². The lowest BCUT2D eigenvalue weighted by Gasteiger charge is -2.35. The monoisotopic (exact) mass is 284 g/mol. The molecule has 1 saturated heterocycles. The van der Waals surface area contributed by atoms with Crippen LogP contribution in [0.15, 0.2) is 12.1 Å². The average molecular weight is 285 g/mol. The Labute approximate surface area is 117 Å². The van der Waals surface area contributed by atoms with Crippen molar-refractivity contribution in [3.8, 4) is 0 Å². The number of halogens is 1. The van der Waals surface area contributed by atoms with Crippen molar-refractivity contribution < 1.29 is 4.92 Å². The molecule has 2 heterocycles. The molecule has 2 rings (SSSR count). The Morgan fingerprint density at radius 1 is 1.42 bits per heavy atom. The molecule has 0 spiro atoms. The molecule has 0 radical (unpaired) electrons. The second-order valence-electron chi connectivity index (χ2n) is 4.95. The van der Waals surface area contributed by atoms with Gasteiger partial charge in [-0.15, -0.1) is 0 Å². The van der Waals surface area contributed by atoms with Crippen LogP contribution in [0.3, 0.4) is 0 Å². The summed E-state index contributed by atoms with van der Waals surface area (Å²) in [6.45, 7) is 1.68. The number of hydrogen-bond donors (Lipinski definition) is 0. The molecule has 1 fully saturated rings. The van der Waals surface area contributed by atoms with Crippen LogP contribution in [0, 0.1) is 10.1 Å². The van der Waals surface area contributed by atoms with Gasteiger partial charge in [0.05, 0.1) is 17.1 Å². The number of nitro groups is 1. The molecule has 0 unspecified atom stereocenters. The minimum Gasteiger partial charge on any atom is -0.356 e. The Kier molecular flexibility index (Phi) is 4.21. The van der Waals surface area contributed by atoms with E-state index in [4.69, 9.17) is 11.6 Å². The van der Waals surface area contributed by atoms with Crippen molar-refractivity contribution in [3.05, 3.63) is 27.4 Å². The summed E-state index contributed by atoms with van der Waals surface area (Å²) in [7, 11) is 4.14. The van der Waals surface area contributed by atoms with Gasteiger partial charge in [0.1, 0.15) is 11.0 Å². The van der Waals surface area contributed by atoms with Crippen LogP contribution in [0.1, 0.15) is 12.8 Å². The summed E-state index contributed by atoms with van der Waals surface area (Å²) < 4.78 is 0. The highest BCUT2D eigenvalue weighted by Gasteiger charge is 2.23. The number of pyridine rings is 1. The van der Waals surface area contributed by atoms with Gasteiger partial charge in [-0.1, -0.05) is 11.6 Å². The molecule has 7 heteroatoms. The number of rotatable bonds is 3. The van der Waals surface area contributed by atoms with Gasteiger partial charge in [-0.05, 0) is 26.9 Å². The van der Waals surface area contributed by atoms with Gasteiger partial charge in [0, 0.05) is 19.1 Å². The van der Waals surface area contributed by atoms with Gasteiger partial charge < -0.3 is 9.80 Å². The van der Waals surface area contributed by atoms with Crippen LogP contribution in [-0.2, 0) is 0 Å². The summed E-state index contributed by atoms with van der Waals surface area (Å²) in [5.41, 5.74) is -0.00951. The molecule has 0 atom stereocenters. The molecule has 0 bridgehead atoms. The van der Waals surface area contributed by atoms with Crippen molar-refractivity contribution in [2.45, 2.75) is 18.9 Å². The largest absolute Gasteiger partial charge is 0.356 e. The third-order valence-corrected chi connectivity index (χ3v) is 3.69. The molecule has 0 aromatic carbocycles. The number of hydrogen-bond acceptors (Lipinski definition) is 5. The second-order valence-corrected chi connectivity index (χ2v) is 5.33. The minimum atomic E-state index is -0.441. The van der Waals surface area contributed by atoms with E-state index < -0.39 is 4.92 Å². The molecule has 0 aliphatic carbocycles. The normalized spacial score (nSPS) is 16.9. The highest BCUT2D eigenvalue weighted by molar-refractivity contribution is 6.29. The lowest BCUT2D eigenvalue weighted by Crippen LogP contribution is -2.42. The van der Waals surface area contributed by atoms with E-state index in [0.717, 1.165) is 25.9 Å². The number of anilines is 1. The average Bonchev–Trinajstić information content (AvgIpc) is 2.38. The zero-order chi connectivity index (χ0) is 14.0. The SMILES string of the molecule is CN(C)C1CCN(c2cc([N+](=O)[O-])cc(Cl)n2)CC1. The lowest BCUT2D eigenvalue weighted by atomic mass is 10.0. The molecule has 1 aromatic heterocycles. The smallest absolute Gasteiger partial charge is 0.276 e. The molecule has 19 heavy (non-hydrogen) atoms. The molecule has 1 aliphatic heterocycles. The van der Waals surface area contributed by atoms with Crippen molar-refractivity contribution in [1.82, 2.24) is 9.88 Å². The van der Waals surface area contributed by atoms with Gasteiger partial charge in [0.15, 0.2) is 0 Å². The van der Waals surface area contributed by atoms with Crippen molar-refractivity contribution in [1.29, 1.82) is 0 Å². The number of nitrogens with zero attached hydrogens (tertiary/aromatic N) is 4. The minimum absolute atomic E-state index is 0.00951. The first-order valence-electron chi connectivity index (χ1n) is 6.20. The Morgan fingerprint density at radius 2 is 2.05 bits per heavy atom. The van der Waals surface area contributed by atoms with Crippen molar-refractivity contribution >= 4 is 23.1 Å². The molecule has 0 N–H and O–H groups in total. The van der Waals surface area contributed by atoms with Crippen molar-refractivity contribution in [2.24, 2.45) is 0 Å². The molecular weight excluding hydrogens is 268 g/mol. The van der Waals surface area contributed by atoms with E-state index in [2.05, 4.69) is 28.9 Å². The predicted octanol–water partition coefficient (Wildman–Crippen LogP) is 2.17. The van der Waals surface area contributed by atoms with Gasteiger partial charge >= 0.3 is 0 Å². The van der Waals surface area contributed by atoms with Gasteiger partial charge in [-0.3, -0.25) is 10.1 Å². The van der Waals surface area contributed by atoms with E-state index in [1.54, 1.807) is 0 Å². The third-order valence-electron chi connectivity index (χ3n) is 3.49. The fourth-order valence-corrected chi connectivity index (χ4v) is 2.55. The van der Waals surface area contributed by atoms with Crippen molar-refractivity contribution in [3.63, 3.8) is 0 Å². The van der Waals surface area contributed by atoms with Crippen LogP contribution >= 0.6 is 11.6 Å². The third kappa shape index (κ3) is 3.33. The molecule has 0 amide bonds. The molecule has 1 aliphatic rings. The second kappa shape index (κ2) is 5.71. The molecule has 1 aromatic rings. The highest BCUT2D eigenvalue weighted by atomic mass is 35.5. The summed E-state index contributed by atoms with van der Waals surface area (Å²) in [6, 6.07) is 3.32. The zero-order valence-corrected chi connectivity index (χ0v) is 11.8. The summed E-state index contributed by atoms with van der Waals surface area (Å²) in [5.74, 6) is 0.594. The first-order chi connectivity index (χ1) is 8.97. The van der Waals surface area contributed by atoms with Gasteiger partial charge in [0.25, 0.3) is 5.69 Å². The van der Waals surface area contributed by atoms with E-state index in [1.165, 1.54) is 12.1 Å². The Hall–Kier alpha value is -1.40. The van der Waals surface area contributed by atoms with E-state index in [1.807, 2.05) is 0 Å². The number of piperidine rings is 1. The number of aromatic nitrogens is 1. The maximum absolute atomic E-state index is 10.8. The predicted molar refractivity (Wildman–Crippen MR) is 74.8 cm³/mol. The van der Waals surface area contributed by atoms with E-state index in [-0.39, 0.29) is 10.8 Å². The zero-order valence-electron chi connectivity index (χ0n) is 11.0. The van der Waals surface area contributed by atoms with E-state index in [0.29, 0.717) is 11.9 Å². The topological polar surface area (TPSA) is 62.5 Å². The van der Waals surface area contributed by atoms with Crippen LogP contribution in [0.2, 0.25) is 5.15 Å².